The molecule has 1 fully saturated rings. The van der Waals surface area contributed by atoms with Gasteiger partial charge in [0, 0.05) is 24.5 Å². The molecule has 20 heavy (non-hydrogen) atoms. The van der Waals surface area contributed by atoms with Gasteiger partial charge in [-0.15, -0.1) is 0 Å². The van der Waals surface area contributed by atoms with E-state index in [9.17, 15) is 4.39 Å². The third-order valence-corrected chi connectivity index (χ3v) is 6.29. The zero-order valence-electron chi connectivity index (χ0n) is 12.3. The van der Waals surface area contributed by atoms with Crippen molar-refractivity contribution in [2.24, 2.45) is 11.1 Å². The lowest BCUT2D eigenvalue weighted by atomic mass is 9.78. The summed E-state index contributed by atoms with van der Waals surface area (Å²) in [4.78, 5) is 2.39. The first kappa shape index (κ1) is 14.2. The molecule has 1 atom stereocenters. The number of nitrogens with zero attached hydrogens (tertiary/aromatic N) is 1. The van der Waals surface area contributed by atoms with Gasteiger partial charge in [0.25, 0.3) is 0 Å². The molecule has 1 unspecified atom stereocenters. The number of nitrogens with two attached hydrogens (primary N) is 1. The SMILES string of the molecule is CC1(C)CSCC(CN)(N2CCc3ccc(F)cc32)C1. The van der Waals surface area contributed by atoms with Crippen LogP contribution in [0.3, 0.4) is 0 Å². The fourth-order valence-electron chi connectivity index (χ4n) is 3.77. The van der Waals surface area contributed by atoms with Crippen LogP contribution in [-0.2, 0) is 6.42 Å². The number of benzene rings is 1. The second kappa shape index (κ2) is 4.92. The molecular formula is C16H23FN2S. The van der Waals surface area contributed by atoms with Gasteiger partial charge >= 0.3 is 0 Å². The van der Waals surface area contributed by atoms with Crippen molar-refractivity contribution in [3.8, 4) is 0 Å². The lowest BCUT2D eigenvalue weighted by Gasteiger charge is -2.50. The fourth-order valence-corrected chi connectivity index (χ4v) is 5.28. The Morgan fingerprint density at radius 2 is 2.15 bits per heavy atom. The van der Waals surface area contributed by atoms with Crippen LogP contribution in [0, 0.1) is 11.2 Å². The lowest BCUT2D eigenvalue weighted by molar-refractivity contribution is 0.261. The average Bonchev–Trinajstić information content (AvgIpc) is 2.80. The van der Waals surface area contributed by atoms with Crippen molar-refractivity contribution < 1.29 is 4.39 Å². The highest BCUT2D eigenvalue weighted by molar-refractivity contribution is 7.99. The maximum absolute atomic E-state index is 13.6. The molecule has 1 saturated heterocycles. The minimum absolute atomic E-state index is 0.0224. The first-order valence-electron chi connectivity index (χ1n) is 7.30. The van der Waals surface area contributed by atoms with E-state index >= 15 is 0 Å². The molecular weight excluding hydrogens is 271 g/mol. The number of halogens is 1. The Bertz CT molecular complexity index is 517. The fraction of sp³-hybridized carbons (Fsp3) is 0.625. The Balaban J connectivity index is 1.98. The van der Waals surface area contributed by atoms with Gasteiger partial charge in [0.05, 0.1) is 5.54 Å². The predicted octanol–water partition coefficient (Wildman–Crippen LogP) is 3.05. The second-order valence-electron chi connectivity index (χ2n) is 6.94. The van der Waals surface area contributed by atoms with Crippen LogP contribution in [0.5, 0.6) is 0 Å². The highest BCUT2D eigenvalue weighted by Crippen LogP contribution is 2.45. The van der Waals surface area contributed by atoms with Crippen molar-refractivity contribution in [3.05, 3.63) is 29.6 Å². The van der Waals surface area contributed by atoms with E-state index in [4.69, 9.17) is 5.73 Å². The third kappa shape index (κ3) is 2.33. The summed E-state index contributed by atoms with van der Waals surface area (Å²) in [5, 5.41) is 0. The smallest absolute Gasteiger partial charge is 0.125 e. The Morgan fingerprint density at radius 3 is 2.85 bits per heavy atom. The molecule has 0 aliphatic carbocycles. The Hall–Kier alpha value is -0.740. The highest BCUT2D eigenvalue weighted by Gasteiger charge is 2.45. The van der Waals surface area contributed by atoms with Crippen molar-refractivity contribution in [1.82, 2.24) is 0 Å². The van der Waals surface area contributed by atoms with Crippen LogP contribution in [0.4, 0.5) is 10.1 Å². The minimum atomic E-state index is -0.148. The lowest BCUT2D eigenvalue weighted by Crippen LogP contribution is -2.59. The summed E-state index contributed by atoms with van der Waals surface area (Å²) in [6, 6.07) is 5.18. The molecule has 1 aromatic carbocycles. The van der Waals surface area contributed by atoms with Gasteiger partial charge in [0.2, 0.25) is 0 Å². The maximum Gasteiger partial charge on any atom is 0.125 e. The second-order valence-corrected chi connectivity index (χ2v) is 7.92. The summed E-state index contributed by atoms with van der Waals surface area (Å²) in [5.74, 6) is 2.08. The molecule has 4 heteroatoms. The number of anilines is 1. The Kier molecular flexibility index (Phi) is 3.49. The van der Waals surface area contributed by atoms with Gasteiger partial charge in [-0.2, -0.15) is 11.8 Å². The van der Waals surface area contributed by atoms with Crippen LogP contribution in [0.15, 0.2) is 18.2 Å². The predicted molar refractivity (Wildman–Crippen MR) is 85.0 cm³/mol. The largest absolute Gasteiger partial charge is 0.363 e. The van der Waals surface area contributed by atoms with Gasteiger partial charge in [-0.3, -0.25) is 0 Å². The molecule has 0 radical (unpaired) electrons. The summed E-state index contributed by atoms with van der Waals surface area (Å²) in [5.41, 5.74) is 8.77. The van der Waals surface area contributed by atoms with E-state index in [-0.39, 0.29) is 11.4 Å². The summed E-state index contributed by atoms with van der Waals surface area (Å²) >= 11 is 1.98. The van der Waals surface area contributed by atoms with Crippen LogP contribution in [-0.4, -0.2) is 30.1 Å². The molecule has 2 heterocycles. The maximum atomic E-state index is 13.6. The van der Waals surface area contributed by atoms with Crippen molar-refractivity contribution in [2.45, 2.75) is 32.2 Å². The normalized spacial score (nSPS) is 28.5. The van der Waals surface area contributed by atoms with E-state index in [0.717, 1.165) is 30.8 Å². The molecule has 0 saturated carbocycles. The number of fused-ring (bicyclic) bond motifs is 1. The van der Waals surface area contributed by atoms with Gasteiger partial charge in [-0.1, -0.05) is 19.9 Å². The zero-order chi connectivity index (χ0) is 14.4. The molecule has 2 aliphatic rings. The van der Waals surface area contributed by atoms with Gasteiger partial charge in [-0.25, -0.2) is 4.39 Å². The number of rotatable bonds is 2. The van der Waals surface area contributed by atoms with E-state index < -0.39 is 0 Å². The topological polar surface area (TPSA) is 29.3 Å². The van der Waals surface area contributed by atoms with Crippen LogP contribution < -0.4 is 10.6 Å². The molecule has 2 nitrogen and oxygen atoms in total. The molecule has 0 amide bonds. The van der Waals surface area contributed by atoms with E-state index in [0.29, 0.717) is 12.0 Å². The summed E-state index contributed by atoms with van der Waals surface area (Å²) in [6.45, 7) is 6.23. The van der Waals surface area contributed by atoms with Gasteiger partial charge in [-0.05, 0) is 41.7 Å². The highest BCUT2D eigenvalue weighted by atomic mass is 32.2. The first-order chi connectivity index (χ1) is 9.46. The van der Waals surface area contributed by atoms with E-state index in [2.05, 4.69) is 18.7 Å². The van der Waals surface area contributed by atoms with Crippen LogP contribution in [0.2, 0.25) is 0 Å². The molecule has 2 N–H and O–H groups in total. The zero-order valence-corrected chi connectivity index (χ0v) is 13.1. The van der Waals surface area contributed by atoms with E-state index in [1.54, 1.807) is 12.1 Å². The Labute approximate surface area is 124 Å². The minimum Gasteiger partial charge on any atom is -0.363 e. The Morgan fingerprint density at radius 1 is 1.35 bits per heavy atom. The van der Waals surface area contributed by atoms with Crippen molar-refractivity contribution >= 4 is 17.4 Å². The van der Waals surface area contributed by atoms with Crippen molar-refractivity contribution in [2.75, 3.05) is 29.5 Å². The van der Waals surface area contributed by atoms with Crippen LogP contribution in [0.1, 0.15) is 25.8 Å². The van der Waals surface area contributed by atoms with Crippen LogP contribution in [0.25, 0.3) is 0 Å². The molecule has 1 aromatic rings. The quantitative estimate of drug-likeness (QED) is 0.909. The number of thioether (sulfide) groups is 1. The monoisotopic (exact) mass is 294 g/mol. The van der Waals surface area contributed by atoms with E-state index in [1.807, 2.05) is 17.8 Å². The number of hydrogen-bond donors (Lipinski definition) is 1. The van der Waals surface area contributed by atoms with Crippen LogP contribution >= 0.6 is 11.8 Å². The molecule has 110 valence electrons. The van der Waals surface area contributed by atoms with Gasteiger partial charge in [0.15, 0.2) is 0 Å². The molecule has 3 rings (SSSR count). The van der Waals surface area contributed by atoms with Crippen molar-refractivity contribution in [1.29, 1.82) is 0 Å². The summed E-state index contributed by atoms with van der Waals surface area (Å²) < 4.78 is 13.6. The molecule has 0 spiro atoms. The molecule has 0 aromatic heterocycles. The molecule has 0 bridgehead atoms. The standard InChI is InChI=1S/C16H23FN2S/c1-15(2)8-16(9-18,11-20-10-15)19-6-5-12-3-4-13(17)7-14(12)19/h3-4,7H,5-6,8-11,18H2,1-2H3. The van der Waals surface area contributed by atoms with Gasteiger partial charge < -0.3 is 10.6 Å². The third-order valence-electron chi connectivity index (χ3n) is 4.57. The summed E-state index contributed by atoms with van der Waals surface area (Å²) in [6.07, 6.45) is 2.09. The molecule has 2 aliphatic heterocycles. The van der Waals surface area contributed by atoms with Gasteiger partial charge in [0.1, 0.15) is 5.82 Å². The first-order valence-corrected chi connectivity index (χ1v) is 8.45. The summed E-state index contributed by atoms with van der Waals surface area (Å²) in [7, 11) is 0. The number of hydrogen-bond acceptors (Lipinski definition) is 3. The van der Waals surface area contributed by atoms with Crippen molar-refractivity contribution in [3.63, 3.8) is 0 Å². The van der Waals surface area contributed by atoms with E-state index in [1.165, 1.54) is 11.3 Å². The average molecular weight is 294 g/mol.